The second kappa shape index (κ2) is 4.49. The number of nitriles is 1. The van der Waals surface area contributed by atoms with Gasteiger partial charge in [0.2, 0.25) is 0 Å². The van der Waals surface area contributed by atoms with Crippen molar-refractivity contribution in [3.05, 3.63) is 53.3 Å². The van der Waals surface area contributed by atoms with Crippen LogP contribution in [0, 0.1) is 11.3 Å². The number of aromatic nitrogens is 2. The van der Waals surface area contributed by atoms with Crippen molar-refractivity contribution in [2.24, 2.45) is 0 Å². The van der Waals surface area contributed by atoms with E-state index in [1.807, 2.05) is 6.07 Å². The highest BCUT2D eigenvalue weighted by molar-refractivity contribution is 5.85. The van der Waals surface area contributed by atoms with Crippen LogP contribution in [-0.4, -0.2) is 20.9 Å². The molecular weight excluding hydrogens is 218 g/mol. The molecule has 2 aromatic rings. The van der Waals surface area contributed by atoms with Gasteiger partial charge in [0.15, 0.2) is 5.69 Å². The van der Waals surface area contributed by atoms with Gasteiger partial charge in [-0.15, -0.1) is 0 Å². The van der Waals surface area contributed by atoms with Crippen molar-refractivity contribution in [3.8, 4) is 6.07 Å². The van der Waals surface area contributed by atoms with Crippen molar-refractivity contribution in [3.63, 3.8) is 0 Å². The van der Waals surface area contributed by atoms with E-state index < -0.39 is 5.97 Å². The predicted molar refractivity (Wildman–Crippen MR) is 59.4 cm³/mol. The van der Waals surface area contributed by atoms with E-state index >= 15 is 0 Å². The van der Waals surface area contributed by atoms with Crippen molar-refractivity contribution in [1.29, 1.82) is 5.26 Å². The molecule has 0 bridgehead atoms. The van der Waals surface area contributed by atoms with Gasteiger partial charge in [-0.3, -0.25) is 4.68 Å². The molecule has 0 atom stereocenters. The van der Waals surface area contributed by atoms with Crippen LogP contribution >= 0.6 is 0 Å². The fourth-order valence-corrected chi connectivity index (χ4v) is 1.49. The van der Waals surface area contributed by atoms with Gasteiger partial charge in [0.05, 0.1) is 18.2 Å². The maximum Gasteiger partial charge on any atom is 0.356 e. The molecule has 0 saturated carbocycles. The highest BCUT2D eigenvalue weighted by atomic mass is 16.4. The van der Waals surface area contributed by atoms with E-state index in [-0.39, 0.29) is 5.69 Å². The summed E-state index contributed by atoms with van der Waals surface area (Å²) in [5.41, 5.74) is 1.50. The summed E-state index contributed by atoms with van der Waals surface area (Å²) in [4.78, 5) is 10.6. The monoisotopic (exact) mass is 227 g/mol. The number of aromatic carboxylic acids is 1. The molecule has 0 fully saturated rings. The first-order valence-corrected chi connectivity index (χ1v) is 4.95. The van der Waals surface area contributed by atoms with E-state index in [9.17, 15) is 4.79 Å². The van der Waals surface area contributed by atoms with Gasteiger partial charge in [0, 0.05) is 6.20 Å². The molecule has 0 aliphatic rings. The Labute approximate surface area is 97.5 Å². The molecular formula is C12H9N3O2. The lowest BCUT2D eigenvalue weighted by molar-refractivity contribution is 0.0689. The van der Waals surface area contributed by atoms with Crippen molar-refractivity contribution in [2.75, 3.05) is 0 Å². The van der Waals surface area contributed by atoms with Crippen LogP contribution < -0.4 is 0 Å². The fourth-order valence-electron chi connectivity index (χ4n) is 1.49. The molecule has 5 heteroatoms. The molecule has 17 heavy (non-hydrogen) atoms. The first-order chi connectivity index (χ1) is 8.19. The van der Waals surface area contributed by atoms with Crippen molar-refractivity contribution in [1.82, 2.24) is 9.78 Å². The number of hydrogen-bond acceptors (Lipinski definition) is 3. The van der Waals surface area contributed by atoms with E-state index in [4.69, 9.17) is 10.4 Å². The lowest BCUT2D eigenvalue weighted by atomic mass is 10.1. The second-order valence-corrected chi connectivity index (χ2v) is 3.52. The maximum absolute atomic E-state index is 10.6. The van der Waals surface area contributed by atoms with Crippen molar-refractivity contribution in [2.45, 2.75) is 6.54 Å². The third kappa shape index (κ3) is 2.49. The first kappa shape index (κ1) is 10.9. The van der Waals surface area contributed by atoms with E-state index in [1.54, 1.807) is 24.4 Å². The quantitative estimate of drug-likeness (QED) is 0.861. The summed E-state index contributed by atoms with van der Waals surface area (Å²) in [5.74, 6) is -1.05. The molecule has 1 heterocycles. The van der Waals surface area contributed by atoms with Crippen LogP contribution in [0.2, 0.25) is 0 Å². The largest absolute Gasteiger partial charge is 0.476 e. The molecule has 1 N–H and O–H groups in total. The molecule has 1 aromatic carbocycles. The Morgan fingerprint density at radius 1 is 1.47 bits per heavy atom. The number of carbonyl (C=O) groups is 1. The normalized spacial score (nSPS) is 9.82. The molecule has 0 amide bonds. The molecule has 5 nitrogen and oxygen atoms in total. The van der Waals surface area contributed by atoms with Crippen LogP contribution in [0.15, 0.2) is 36.5 Å². The Morgan fingerprint density at radius 3 is 2.94 bits per heavy atom. The van der Waals surface area contributed by atoms with E-state index in [0.717, 1.165) is 5.56 Å². The van der Waals surface area contributed by atoms with Gasteiger partial charge in [-0.25, -0.2) is 4.79 Å². The van der Waals surface area contributed by atoms with Gasteiger partial charge in [-0.1, -0.05) is 12.1 Å². The van der Waals surface area contributed by atoms with Crippen LogP contribution in [0.25, 0.3) is 0 Å². The summed E-state index contributed by atoms with van der Waals surface area (Å²) in [6.45, 7) is 0.447. The third-order valence-electron chi connectivity index (χ3n) is 2.26. The van der Waals surface area contributed by atoms with E-state index in [2.05, 4.69) is 11.2 Å². The molecule has 1 aromatic heterocycles. The topological polar surface area (TPSA) is 78.9 Å². The molecule has 0 aliphatic carbocycles. The van der Waals surface area contributed by atoms with Crippen LogP contribution in [0.1, 0.15) is 21.6 Å². The smallest absolute Gasteiger partial charge is 0.356 e. The van der Waals surface area contributed by atoms with Crippen LogP contribution in [0.4, 0.5) is 0 Å². The minimum atomic E-state index is -1.05. The summed E-state index contributed by atoms with van der Waals surface area (Å²) in [7, 11) is 0. The molecule has 0 aliphatic heterocycles. The average molecular weight is 227 g/mol. The predicted octanol–water partition coefficient (Wildman–Crippen LogP) is 1.50. The highest BCUT2D eigenvalue weighted by Crippen LogP contribution is 2.06. The average Bonchev–Trinajstić information content (AvgIpc) is 2.78. The minimum Gasteiger partial charge on any atom is -0.476 e. The molecule has 0 saturated heterocycles. The minimum absolute atomic E-state index is 0.0152. The number of benzene rings is 1. The van der Waals surface area contributed by atoms with Gasteiger partial charge in [-0.05, 0) is 23.8 Å². The van der Waals surface area contributed by atoms with E-state index in [0.29, 0.717) is 12.1 Å². The molecule has 84 valence electrons. The summed E-state index contributed by atoms with van der Waals surface area (Å²) in [6, 6.07) is 10.6. The van der Waals surface area contributed by atoms with E-state index in [1.165, 1.54) is 10.7 Å². The summed E-state index contributed by atoms with van der Waals surface area (Å²) in [5, 5.41) is 21.4. The number of carboxylic acid groups (broad SMARTS) is 1. The number of rotatable bonds is 3. The Morgan fingerprint density at radius 2 is 2.29 bits per heavy atom. The lowest BCUT2D eigenvalue weighted by Crippen LogP contribution is -2.04. The van der Waals surface area contributed by atoms with Gasteiger partial charge < -0.3 is 5.11 Å². The Hall–Kier alpha value is -2.61. The third-order valence-corrected chi connectivity index (χ3v) is 2.26. The molecule has 2 rings (SSSR count). The maximum atomic E-state index is 10.6. The highest BCUT2D eigenvalue weighted by Gasteiger charge is 2.06. The summed E-state index contributed by atoms with van der Waals surface area (Å²) in [6.07, 6.45) is 1.60. The van der Waals surface area contributed by atoms with Crippen molar-refractivity contribution < 1.29 is 9.90 Å². The number of carboxylic acids is 1. The Balaban J connectivity index is 2.19. The molecule has 0 radical (unpaired) electrons. The number of hydrogen-bond donors (Lipinski definition) is 1. The van der Waals surface area contributed by atoms with Gasteiger partial charge in [0.1, 0.15) is 0 Å². The zero-order valence-electron chi connectivity index (χ0n) is 8.87. The molecule has 0 spiro atoms. The second-order valence-electron chi connectivity index (χ2n) is 3.52. The van der Waals surface area contributed by atoms with Crippen LogP contribution in [0.3, 0.4) is 0 Å². The fraction of sp³-hybridized carbons (Fsp3) is 0.0833. The summed E-state index contributed by atoms with van der Waals surface area (Å²) < 4.78 is 1.53. The Bertz CT molecular complexity index is 596. The lowest BCUT2D eigenvalue weighted by Gasteiger charge is -2.01. The van der Waals surface area contributed by atoms with Crippen molar-refractivity contribution >= 4 is 5.97 Å². The number of nitrogens with zero attached hydrogens (tertiary/aromatic N) is 3. The SMILES string of the molecule is N#Cc1cccc(Cn2ccc(C(=O)O)n2)c1. The van der Waals surface area contributed by atoms with Crippen LogP contribution in [-0.2, 0) is 6.54 Å². The zero-order valence-corrected chi connectivity index (χ0v) is 8.87. The first-order valence-electron chi connectivity index (χ1n) is 4.95. The standard InChI is InChI=1S/C12H9N3O2/c13-7-9-2-1-3-10(6-9)8-15-5-4-11(14-15)12(16)17/h1-6H,8H2,(H,16,17). The zero-order chi connectivity index (χ0) is 12.3. The van der Waals surface area contributed by atoms with Gasteiger partial charge >= 0.3 is 5.97 Å². The Kier molecular flexibility index (Phi) is 2.88. The summed E-state index contributed by atoms with van der Waals surface area (Å²) >= 11 is 0. The molecule has 0 unspecified atom stereocenters. The van der Waals surface area contributed by atoms with Gasteiger partial charge in [-0.2, -0.15) is 10.4 Å². The van der Waals surface area contributed by atoms with Gasteiger partial charge in [0.25, 0.3) is 0 Å². The van der Waals surface area contributed by atoms with Crippen LogP contribution in [0.5, 0.6) is 0 Å².